The summed E-state index contributed by atoms with van der Waals surface area (Å²) in [5, 5.41) is 8.99. The molecule has 0 aliphatic rings. The zero-order chi connectivity index (χ0) is 17.7. The lowest BCUT2D eigenvalue weighted by Gasteiger charge is -2.12. The lowest BCUT2D eigenvalue weighted by Crippen LogP contribution is -1.92. The van der Waals surface area contributed by atoms with Crippen LogP contribution in [0.3, 0.4) is 0 Å². The van der Waals surface area contributed by atoms with Crippen LogP contribution in [0.4, 0.5) is 11.4 Å². The Morgan fingerprint density at radius 2 is 1.42 bits per heavy atom. The minimum atomic E-state index is 1.15. The molecule has 126 valence electrons. The zero-order valence-electron chi connectivity index (χ0n) is 14.8. The van der Waals surface area contributed by atoms with Gasteiger partial charge in [0.25, 0.3) is 0 Å². The van der Waals surface area contributed by atoms with Gasteiger partial charge in [-0.05, 0) is 60.0 Å². The van der Waals surface area contributed by atoms with Crippen molar-refractivity contribution in [3.05, 3.63) is 83.9 Å². The number of hydrogen-bond acceptors (Lipinski definition) is 2. The summed E-state index contributed by atoms with van der Waals surface area (Å²) in [6, 6.07) is 26.3. The number of thiophene rings is 1. The molecular formula is C24H19NS. The highest BCUT2D eigenvalue weighted by atomic mass is 32.1. The average Bonchev–Trinajstić information content (AvgIpc) is 3.01. The van der Waals surface area contributed by atoms with Crippen molar-refractivity contribution in [1.29, 1.82) is 0 Å². The first-order valence-corrected chi connectivity index (χ1v) is 9.69. The molecule has 0 fully saturated rings. The summed E-state index contributed by atoms with van der Waals surface area (Å²) in [6.07, 6.45) is 0. The SMILES string of the molecule is Cc1cc(C)cc(Nc2cc3ccccc3c3c2sc2ccccc23)c1. The fraction of sp³-hybridized carbons (Fsp3) is 0.0833. The van der Waals surface area contributed by atoms with Crippen molar-refractivity contribution in [2.75, 3.05) is 5.32 Å². The first kappa shape index (κ1) is 15.4. The Bertz CT molecular complexity index is 1260. The maximum Gasteiger partial charge on any atom is 0.0596 e. The molecule has 1 N–H and O–H groups in total. The normalized spacial score (nSPS) is 11.5. The average molecular weight is 353 g/mol. The van der Waals surface area contributed by atoms with Gasteiger partial charge >= 0.3 is 0 Å². The van der Waals surface area contributed by atoms with Crippen molar-refractivity contribution in [2.24, 2.45) is 0 Å². The topological polar surface area (TPSA) is 12.0 Å². The molecule has 4 aromatic carbocycles. The van der Waals surface area contributed by atoms with Gasteiger partial charge in [-0.1, -0.05) is 48.5 Å². The van der Waals surface area contributed by atoms with Crippen LogP contribution in [-0.2, 0) is 0 Å². The van der Waals surface area contributed by atoms with Crippen molar-refractivity contribution in [2.45, 2.75) is 13.8 Å². The number of nitrogens with one attached hydrogen (secondary N) is 1. The summed E-state index contributed by atoms with van der Waals surface area (Å²) < 4.78 is 2.66. The Balaban J connectivity index is 1.83. The van der Waals surface area contributed by atoms with Gasteiger partial charge in [0.05, 0.1) is 10.4 Å². The summed E-state index contributed by atoms with van der Waals surface area (Å²) in [7, 11) is 0. The third kappa shape index (κ3) is 2.46. The number of hydrogen-bond donors (Lipinski definition) is 1. The van der Waals surface area contributed by atoms with Crippen LogP contribution in [0, 0.1) is 13.8 Å². The fourth-order valence-electron chi connectivity index (χ4n) is 3.87. The number of rotatable bonds is 2. The van der Waals surface area contributed by atoms with Crippen LogP contribution in [0.15, 0.2) is 72.8 Å². The lowest BCUT2D eigenvalue weighted by atomic mass is 10.0. The summed E-state index contributed by atoms with van der Waals surface area (Å²) >= 11 is 1.87. The van der Waals surface area contributed by atoms with E-state index in [-0.39, 0.29) is 0 Å². The summed E-state index contributed by atoms with van der Waals surface area (Å²) in [5.41, 5.74) is 4.89. The molecule has 0 saturated heterocycles. The van der Waals surface area contributed by atoms with Crippen molar-refractivity contribution in [1.82, 2.24) is 0 Å². The Morgan fingerprint density at radius 3 is 2.23 bits per heavy atom. The van der Waals surface area contributed by atoms with E-state index in [0.717, 1.165) is 5.69 Å². The largest absolute Gasteiger partial charge is 0.354 e. The van der Waals surface area contributed by atoms with E-state index in [1.54, 1.807) is 0 Å². The first-order valence-electron chi connectivity index (χ1n) is 8.87. The zero-order valence-corrected chi connectivity index (χ0v) is 15.7. The van der Waals surface area contributed by atoms with Gasteiger partial charge in [0.15, 0.2) is 0 Å². The van der Waals surface area contributed by atoms with Crippen LogP contribution in [0.2, 0.25) is 0 Å². The maximum atomic E-state index is 3.69. The molecule has 0 aliphatic heterocycles. The molecule has 1 aromatic heterocycles. The van der Waals surface area contributed by atoms with Crippen LogP contribution in [0.1, 0.15) is 11.1 Å². The van der Waals surface area contributed by atoms with E-state index in [9.17, 15) is 0 Å². The van der Waals surface area contributed by atoms with E-state index < -0.39 is 0 Å². The van der Waals surface area contributed by atoms with E-state index in [0.29, 0.717) is 0 Å². The molecule has 26 heavy (non-hydrogen) atoms. The Labute approximate surface area is 156 Å². The highest BCUT2D eigenvalue weighted by Crippen LogP contribution is 2.43. The van der Waals surface area contributed by atoms with E-state index in [1.165, 1.54) is 47.8 Å². The molecule has 0 atom stereocenters. The van der Waals surface area contributed by atoms with Gasteiger partial charge < -0.3 is 5.32 Å². The van der Waals surface area contributed by atoms with Crippen LogP contribution >= 0.6 is 11.3 Å². The molecular weight excluding hydrogens is 334 g/mol. The van der Waals surface area contributed by atoms with Gasteiger partial charge in [-0.15, -0.1) is 11.3 Å². The van der Waals surface area contributed by atoms with E-state index in [4.69, 9.17) is 0 Å². The molecule has 1 nitrogen and oxygen atoms in total. The monoisotopic (exact) mass is 353 g/mol. The van der Waals surface area contributed by atoms with Crippen LogP contribution < -0.4 is 5.32 Å². The van der Waals surface area contributed by atoms with Crippen LogP contribution in [0.5, 0.6) is 0 Å². The van der Waals surface area contributed by atoms with Gasteiger partial charge in [0.2, 0.25) is 0 Å². The Kier molecular flexibility index (Phi) is 3.47. The minimum absolute atomic E-state index is 1.15. The highest BCUT2D eigenvalue weighted by molar-refractivity contribution is 7.26. The standard InChI is InChI=1S/C24H19NS/c1-15-11-16(2)13-18(12-15)25-21-14-17-7-3-4-8-19(17)23-20-9-5-6-10-22(20)26-24(21)23/h3-14,25H,1-2H3. The predicted molar refractivity (Wildman–Crippen MR) is 116 cm³/mol. The van der Waals surface area contributed by atoms with Gasteiger partial charge in [-0.3, -0.25) is 0 Å². The van der Waals surface area contributed by atoms with Gasteiger partial charge in [-0.25, -0.2) is 0 Å². The molecule has 1 heterocycles. The molecule has 0 bridgehead atoms. The van der Waals surface area contributed by atoms with Gasteiger partial charge in [0, 0.05) is 21.2 Å². The van der Waals surface area contributed by atoms with Gasteiger partial charge in [-0.2, -0.15) is 0 Å². The van der Waals surface area contributed by atoms with Crippen LogP contribution in [0.25, 0.3) is 30.9 Å². The van der Waals surface area contributed by atoms with Crippen molar-refractivity contribution in [3.63, 3.8) is 0 Å². The van der Waals surface area contributed by atoms with Crippen molar-refractivity contribution in [3.8, 4) is 0 Å². The number of aryl methyl sites for hydroxylation is 2. The van der Waals surface area contributed by atoms with Crippen LogP contribution in [-0.4, -0.2) is 0 Å². The van der Waals surface area contributed by atoms with Crippen molar-refractivity contribution >= 4 is 53.7 Å². The lowest BCUT2D eigenvalue weighted by molar-refractivity contribution is 1.38. The van der Waals surface area contributed by atoms with Gasteiger partial charge in [0.1, 0.15) is 0 Å². The third-order valence-electron chi connectivity index (χ3n) is 4.87. The predicted octanol–water partition coefficient (Wildman–Crippen LogP) is 7.57. The minimum Gasteiger partial charge on any atom is -0.354 e. The molecule has 0 spiro atoms. The summed E-state index contributed by atoms with van der Waals surface area (Å²) in [4.78, 5) is 0. The smallest absolute Gasteiger partial charge is 0.0596 e. The first-order chi connectivity index (χ1) is 12.7. The maximum absolute atomic E-state index is 3.69. The van der Waals surface area contributed by atoms with Crippen molar-refractivity contribution < 1.29 is 0 Å². The second-order valence-corrected chi connectivity index (χ2v) is 8.00. The number of anilines is 2. The molecule has 2 heteroatoms. The third-order valence-corrected chi connectivity index (χ3v) is 6.07. The molecule has 0 radical (unpaired) electrons. The fourth-order valence-corrected chi connectivity index (χ4v) is 5.06. The summed E-state index contributed by atoms with van der Waals surface area (Å²) in [5.74, 6) is 0. The molecule has 0 amide bonds. The van der Waals surface area contributed by atoms with E-state index in [2.05, 4.69) is 92.0 Å². The summed E-state index contributed by atoms with van der Waals surface area (Å²) in [6.45, 7) is 4.29. The number of benzene rings is 4. The number of fused-ring (bicyclic) bond motifs is 5. The Morgan fingerprint density at radius 1 is 0.731 bits per heavy atom. The molecule has 0 saturated carbocycles. The van der Waals surface area contributed by atoms with E-state index >= 15 is 0 Å². The molecule has 0 aliphatic carbocycles. The highest BCUT2D eigenvalue weighted by Gasteiger charge is 2.13. The van der Waals surface area contributed by atoms with E-state index in [1.807, 2.05) is 11.3 Å². The molecule has 0 unspecified atom stereocenters. The second kappa shape index (κ2) is 5.86. The molecule has 5 aromatic rings. The Hall–Kier alpha value is -2.84. The molecule has 5 rings (SSSR count). The second-order valence-electron chi connectivity index (χ2n) is 6.95. The quantitative estimate of drug-likeness (QED) is 0.345.